The van der Waals surface area contributed by atoms with Gasteiger partial charge < -0.3 is 10.2 Å². The summed E-state index contributed by atoms with van der Waals surface area (Å²) in [5.74, 6) is 6.55. The summed E-state index contributed by atoms with van der Waals surface area (Å²) in [5.41, 5.74) is 3.73. The number of para-hydroxylation sites is 1. The van der Waals surface area contributed by atoms with Crippen molar-refractivity contribution >= 4 is 5.69 Å². The van der Waals surface area contributed by atoms with Crippen LogP contribution in [0.3, 0.4) is 0 Å². The van der Waals surface area contributed by atoms with Gasteiger partial charge in [-0.2, -0.15) is 0 Å². The molecule has 1 heterocycles. The molecule has 0 aromatic heterocycles. The summed E-state index contributed by atoms with van der Waals surface area (Å²) in [5, 5.41) is 3.55. The molecule has 1 atom stereocenters. The Bertz CT molecular complexity index is 652. The Morgan fingerprint density at radius 1 is 1.10 bits per heavy atom. The van der Waals surface area contributed by atoms with Gasteiger partial charge in [0.1, 0.15) is 0 Å². The number of nitrogens with one attached hydrogen (secondary N) is 1. The highest BCUT2D eigenvalue weighted by atomic mass is 15.2. The summed E-state index contributed by atoms with van der Waals surface area (Å²) in [6.45, 7) is 4.90. The molecule has 0 aliphatic carbocycles. The topological polar surface area (TPSA) is 15.3 Å². The Balaban J connectivity index is 1.79. The lowest BCUT2D eigenvalue weighted by atomic mass is 10.1. The number of rotatable bonds is 1. The van der Waals surface area contributed by atoms with E-state index >= 15 is 0 Å². The summed E-state index contributed by atoms with van der Waals surface area (Å²) < 4.78 is 0. The van der Waals surface area contributed by atoms with Crippen LogP contribution in [-0.4, -0.2) is 19.1 Å². The Morgan fingerprint density at radius 2 is 1.86 bits per heavy atom. The van der Waals surface area contributed by atoms with Crippen LogP contribution in [0.1, 0.15) is 18.1 Å². The zero-order chi connectivity index (χ0) is 14.5. The Labute approximate surface area is 126 Å². The first-order valence-electron chi connectivity index (χ1n) is 7.43. The number of hydrogen-bond acceptors (Lipinski definition) is 2. The van der Waals surface area contributed by atoms with Gasteiger partial charge in [-0.25, -0.2) is 0 Å². The third kappa shape index (κ3) is 3.45. The van der Waals surface area contributed by atoms with E-state index in [0.29, 0.717) is 6.04 Å². The minimum absolute atomic E-state index is 0.468. The van der Waals surface area contributed by atoms with Crippen LogP contribution in [0, 0.1) is 11.8 Å². The molecule has 2 nitrogen and oxygen atoms in total. The average Bonchev–Trinajstić information content (AvgIpc) is 2.68. The van der Waals surface area contributed by atoms with E-state index in [1.165, 1.54) is 11.3 Å². The molecule has 0 saturated heterocycles. The van der Waals surface area contributed by atoms with Gasteiger partial charge in [-0.3, -0.25) is 0 Å². The van der Waals surface area contributed by atoms with Crippen LogP contribution in [-0.2, 0) is 6.54 Å². The van der Waals surface area contributed by atoms with Crippen molar-refractivity contribution < 1.29 is 0 Å². The van der Waals surface area contributed by atoms with Crippen molar-refractivity contribution in [2.45, 2.75) is 19.5 Å². The molecular formula is C19H20N2. The molecule has 1 aliphatic heterocycles. The minimum Gasteiger partial charge on any atom is -0.359 e. The van der Waals surface area contributed by atoms with E-state index in [4.69, 9.17) is 0 Å². The first-order valence-corrected chi connectivity index (χ1v) is 7.43. The summed E-state index contributed by atoms with van der Waals surface area (Å²) in [6.07, 6.45) is 0. The van der Waals surface area contributed by atoms with Gasteiger partial charge in [-0.05, 0) is 30.7 Å². The fraction of sp³-hybridized carbons (Fsp3) is 0.263. The molecule has 2 heteroatoms. The van der Waals surface area contributed by atoms with Gasteiger partial charge in [-0.1, -0.05) is 48.2 Å². The second kappa shape index (κ2) is 6.47. The molecule has 1 aliphatic rings. The summed E-state index contributed by atoms with van der Waals surface area (Å²) in [4.78, 5) is 2.37. The molecule has 0 saturated carbocycles. The van der Waals surface area contributed by atoms with Gasteiger partial charge in [0.15, 0.2) is 0 Å². The van der Waals surface area contributed by atoms with Crippen LogP contribution in [0.15, 0.2) is 54.6 Å². The molecule has 1 N–H and O–H groups in total. The number of anilines is 1. The molecule has 21 heavy (non-hydrogen) atoms. The largest absolute Gasteiger partial charge is 0.359 e. The number of benzene rings is 2. The van der Waals surface area contributed by atoms with Gasteiger partial charge >= 0.3 is 0 Å². The normalized spacial score (nSPS) is 17.4. The second-order valence-corrected chi connectivity index (χ2v) is 5.46. The fourth-order valence-electron chi connectivity index (χ4n) is 2.65. The smallest absolute Gasteiger partial charge is 0.0798 e. The third-order valence-electron chi connectivity index (χ3n) is 3.74. The first kappa shape index (κ1) is 13.7. The number of fused-ring (bicyclic) bond motifs is 1. The van der Waals surface area contributed by atoms with Crippen LogP contribution in [0.4, 0.5) is 5.69 Å². The van der Waals surface area contributed by atoms with Gasteiger partial charge in [0.2, 0.25) is 0 Å². The van der Waals surface area contributed by atoms with Gasteiger partial charge in [0.25, 0.3) is 0 Å². The maximum absolute atomic E-state index is 3.55. The van der Waals surface area contributed by atoms with Gasteiger partial charge in [0.05, 0.1) is 6.54 Å². The van der Waals surface area contributed by atoms with Crippen molar-refractivity contribution in [3.05, 3.63) is 65.7 Å². The van der Waals surface area contributed by atoms with Crippen molar-refractivity contribution in [1.82, 2.24) is 5.32 Å². The molecule has 0 spiro atoms. The Hall–Kier alpha value is -2.24. The lowest BCUT2D eigenvalue weighted by molar-refractivity contribution is 0.559. The molecular weight excluding hydrogens is 256 g/mol. The average molecular weight is 276 g/mol. The van der Waals surface area contributed by atoms with E-state index in [1.807, 2.05) is 30.3 Å². The van der Waals surface area contributed by atoms with Crippen LogP contribution < -0.4 is 10.2 Å². The molecule has 106 valence electrons. The van der Waals surface area contributed by atoms with Crippen molar-refractivity contribution in [2.24, 2.45) is 0 Å². The van der Waals surface area contributed by atoms with Crippen LogP contribution >= 0.6 is 0 Å². The van der Waals surface area contributed by atoms with Crippen LogP contribution in [0.25, 0.3) is 0 Å². The maximum atomic E-state index is 3.55. The van der Waals surface area contributed by atoms with Crippen molar-refractivity contribution in [1.29, 1.82) is 0 Å². The zero-order valence-corrected chi connectivity index (χ0v) is 12.3. The molecule has 0 fully saturated rings. The molecule has 2 aromatic carbocycles. The Kier molecular flexibility index (Phi) is 4.23. The van der Waals surface area contributed by atoms with E-state index in [0.717, 1.165) is 25.2 Å². The first-order chi connectivity index (χ1) is 10.3. The summed E-state index contributed by atoms with van der Waals surface area (Å²) in [6, 6.07) is 19.2. The number of nitrogens with zero attached hydrogens (tertiary/aromatic N) is 1. The lowest BCUT2D eigenvalue weighted by Gasteiger charge is -2.24. The highest BCUT2D eigenvalue weighted by molar-refractivity contribution is 5.55. The molecule has 0 amide bonds. The van der Waals surface area contributed by atoms with E-state index in [9.17, 15) is 0 Å². The molecule has 1 unspecified atom stereocenters. The molecule has 3 rings (SSSR count). The van der Waals surface area contributed by atoms with Crippen LogP contribution in [0.5, 0.6) is 0 Å². The van der Waals surface area contributed by atoms with Crippen LogP contribution in [0.2, 0.25) is 0 Å². The van der Waals surface area contributed by atoms with Crippen molar-refractivity contribution in [2.75, 3.05) is 18.0 Å². The van der Waals surface area contributed by atoms with E-state index in [1.54, 1.807) is 0 Å². The molecule has 0 radical (unpaired) electrons. The predicted molar refractivity (Wildman–Crippen MR) is 88.3 cm³/mol. The van der Waals surface area contributed by atoms with Crippen molar-refractivity contribution in [3.63, 3.8) is 0 Å². The SMILES string of the molecule is CC1CN(CC#Cc2ccccc2)c2ccccc2CN1. The summed E-state index contributed by atoms with van der Waals surface area (Å²) >= 11 is 0. The summed E-state index contributed by atoms with van der Waals surface area (Å²) in [7, 11) is 0. The third-order valence-corrected chi connectivity index (χ3v) is 3.74. The van der Waals surface area contributed by atoms with E-state index in [-0.39, 0.29) is 0 Å². The minimum atomic E-state index is 0.468. The number of hydrogen-bond donors (Lipinski definition) is 1. The van der Waals surface area contributed by atoms with Gasteiger partial charge in [0, 0.05) is 30.4 Å². The second-order valence-electron chi connectivity index (χ2n) is 5.46. The van der Waals surface area contributed by atoms with E-state index < -0.39 is 0 Å². The standard InChI is InChI=1S/C19H20N2/c1-16-15-21(13-7-10-17-8-3-2-4-9-17)19-12-6-5-11-18(19)14-20-16/h2-6,8-9,11-12,16,20H,13-15H2,1H3. The van der Waals surface area contributed by atoms with E-state index in [2.05, 4.69) is 53.2 Å². The monoisotopic (exact) mass is 276 g/mol. The predicted octanol–water partition coefficient (Wildman–Crippen LogP) is 3.04. The van der Waals surface area contributed by atoms with Crippen molar-refractivity contribution in [3.8, 4) is 11.8 Å². The zero-order valence-electron chi connectivity index (χ0n) is 12.3. The van der Waals surface area contributed by atoms with Gasteiger partial charge in [-0.15, -0.1) is 0 Å². The molecule has 0 bridgehead atoms. The lowest BCUT2D eigenvalue weighted by Crippen LogP contribution is -2.36. The highest BCUT2D eigenvalue weighted by Crippen LogP contribution is 2.22. The molecule has 2 aromatic rings. The maximum Gasteiger partial charge on any atom is 0.0798 e. The fourth-order valence-corrected chi connectivity index (χ4v) is 2.65. The highest BCUT2D eigenvalue weighted by Gasteiger charge is 2.17. The quantitative estimate of drug-likeness (QED) is 0.805. The Morgan fingerprint density at radius 3 is 2.71 bits per heavy atom.